The van der Waals surface area contributed by atoms with Crippen molar-refractivity contribution in [2.24, 2.45) is 0 Å². The van der Waals surface area contributed by atoms with E-state index in [0.717, 1.165) is 19.2 Å². The fraction of sp³-hybridized carbons (Fsp3) is 0.200. The van der Waals surface area contributed by atoms with Crippen molar-refractivity contribution < 1.29 is 23.4 Å². The summed E-state index contributed by atoms with van der Waals surface area (Å²) in [7, 11) is 1.02. The normalized spacial score (nSPS) is 9.94. The molecule has 1 aromatic rings. The first-order chi connectivity index (χ1) is 7.51. The molecule has 0 fully saturated rings. The predicted octanol–water partition coefficient (Wildman–Crippen LogP) is 1.99. The molecule has 0 aliphatic carbocycles. The van der Waals surface area contributed by atoms with Gasteiger partial charge in [-0.05, 0) is 12.1 Å². The minimum atomic E-state index is -3.03. The number of nitrogens with zero attached hydrogens (tertiary/aromatic N) is 1. The zero-order valence-electron chi connectivity index (χ0n) is 8.20. The summed E-state index contributed by atoms with van der Waals surface area (Å²) in [6.45, 7) is 0. The molecule has 1 aromatic carbocycles. The van der Waals surface area contributed by atoms with E-state index in [0.29, 0.717) is 0 Å². The van der Waals surface area contributed by atoms with Gasteiger partial charge in [-0.25, -0.2) is 13.6 Å². The van der Waals surface area contributed by atoms with E-state index in [1.807, 2.05) is 0 Å². The van der Waals surface area contributed by atoms with Crippen molar-refractivity contribution in [2.45, 2.75) is 6.43 Å². The Labute approximate surface area is 89.7 Å². The molecule has 0 aromatic heterocycles. The molecule has 0 amide bonds. The number of alkyl halides is 2. The number of hydrogen-bond acceptors (Lipinski definition) is 4. The third-order valence-electron chi connectivity index (χ3n) is 1.91. The largest absolute Gasteiger partial charge is 0.507 e. The maximum absolute atomic E-state index is 12.6. The summed E-state index contributed by atoms with van der Waals surface area (Å²) in [5.41, 5.74) is -1.43. The number of carbonyl (C=O) groups is 1. The number of nitriles is 1. The van der Waals surface area contributed by atoms with Crippen molar-refractivity contribution in [3.05, 3.63) is 28.8 Å². The van der Waals surface area contributed by atoms with E-state index < -0.39 is 29.3 Å². The molecule has 0 bridgehead atoms. The number of phenols is 1. The monoisotopic (exact) mass is 227 g/mol. The topological polar surface area (TPSA) is 70.3 Å². The number of methoxy groups -OCH3 is 1. The molecule has 0 aliphatic rings. The van der Waals surface area contributed by atoms with Crippen molar-refractivity contribution in [3.8, 4) is 11.8 Å². The summed E-state index contributed by atoms with van der Waals surface area (Å²) in [4.78, 5) is 11.2. The van der Waals surface area contributed by atoms with Gasteiger partial charge in [0.2, 0.25) is 0 Å². The molecule has 0 saturated heterocycles. The van der Waals surface area contributed by atoms with E-state index in [4.69, 9.17) is 5.26 Å². The van der Waals surface area contributed by atoms with Crippen LogP contribution < -0.4 is 0 Å². The van der Waals surface area contributed by atoms with E-state index in [9.17, 15) is 18.7 Å². The van der Waals surface area contributed by atoms with E-state index in [1.165, 1.54) is 0 Å². The highest BCUT2D eigenvalue weighted by Gasteiger charge is 2.24. The summed E-state index contributed by atoms with van der Waals surface area (Å²) in [6, 6.07) is 3.46. The zero-order chi connectivity index (χ0) is 12.3. The Balaban J connectivity index is 3.48. The average Bonchev–Trinajstić information content (AvgIpc) is 2.26. The molecule has 1 N–H and O–H groups in total. The van der Waals surface area contributed by atoms with Gasteiger partial charge in [-0.1, -0.05) is 0 Å². The van der Waals surface area contributed by atoms with E-state index in [2.05, 4.69) is 4.74 Å². The van der Waals surface area contributed by atoms with Gasteiger partial charge in [0.15, 0.2) is 0 Å². The van der Waals surface area contributed by atoms with E-state index >= 15 is 0 Å². The minimum Gasteiger partial charge on any atom is -0.507 e. The molecular weight excluding hydrogens is 220 g/mol. The molecule has 6 heteroatoms. The fourth-order valence-electron chi connectivity index (χ4n) is 1.21. The Hall–Kier alpha value is -2.16. The molecule has 0 aliphatic heterocycles. The summed E-state index contributed by atoms with van der Waals surface area (Å²) in [5, 5.41) is 17.8. The van der Waals surface area contributed by atoms with E-state index in [1.54, 1.807) is 6.07 Å². The van der Waals surface area contributed by atoms with Gasteiger partial charge >= 0.3 is 5.97 Å². The standard InChI is InChI=1S/C10H7F2NO3/c1-16-10(15)6-2-5(4-13)3-7(14)8(6)9(11)12/h2-3,9,14H,1H3. The molecule has 0 radical (unpaired) electrons. The number of ether oxygens (including phenoxy) is 1. The molecule has 16 heavy (non-hydrogen) atoms. The highest BCUT2D eigenvalue weighted by atomic mass is 19.3. The van der Waals surface area contributed by atoms with Crippen LogP contribution in [-0.4, -0.2) is 18.2 Å². The number of halogens is 2. The molecule has 1 rings (SSSR count). The first-order valence-electron chi connectivity index (χ1n) is 4.14. The van der Waals surface area contributed by atoms with Gasteiger partial charge in [0.25, 0.3) is 6.43 Å². The molecule has 0 heterocycles. The Bertz CT molecular complexity index is 466. The SMILES string of the molecule is COC(=O)c1cc(C#N)cc(O)c1C(F)F. The van der Waals surface area contributed by atoms with Crippen LogP contribution in [0.2, 0.25) is 0 Å². The lowest BCUT2D eigenvalue weighted by atomic mass is 10.0. The summed E-state index contributed by atoms with van der Waals surface area (Å²) in [5.74, 6) is -1.82. The minimum absolute atomic E-state index is 0.0951. The van der Waals surface area contributed by atoms with Crippen LogP contribution in [0.25, 0.3) is 0 Å². The number of esters is 1. The van der Waals surface area contributed by atoms with Gasteiger partial charge in [0, 0.05) is 0 Å². The summed E-state index contributed by atoms with van der Waals surface area (Å²) < 4.78 is 29.4. The smallest absolute Gasteiger partial charge is 0.338 e. The lowest BCUT2D eigenvalue weighted by Gasteiger charge is -2.09. The zero-order valence-corrected chi connectivity index (χ0v) is 8.20. The number of aromatic hydroxyl groups is 1. The lowest BCUT2D eigenvalue weighted by molar-refractivity contribution is 0.0587. The highest BCUT2D eigenvalue weighted by molar-refractivity contribution is 5.92. The van der Waals surface area contributed by atoms with Crippen molar-refractivity contribution in [3.63, 3.8) is 0 Å². The van der Waals surface area contributed by atoms with Crippen LogP contribution in [0, 0.1) is 11.3 Å². The molecule has 84 valence electrons. The maximum atomic E-state index is 12.6. The van der Waals surface area contributed by atoms with Crippen LogP contribution in [0.4, 0.5) is 8.78 Å². The van der Waals surface area contributed by atoms with Crippen molar-refractivity contribution >= 4 is 5.97 Å². The first kappa shape index (κ1) is 11.9. The number of benzene rings is 1. The first-order valence-corrected chi connectivity index (χ1v) is 4.14. The average molecular weight is 227 g/mol. The summed E-state index contributed by atoms with van der Waals surface area (Å²) in [6.07, 6.45) is -3.03. The lowest BCUT2D eigenvalue weighted by Crippen LogP contribution is -2.07. The highest BCUT2D eigenvalue weighted by Crippen LogP contribution is 2.32. The molecule has 0 saturated carbocycles. The van der Waals surface area contributed by atoms with Gasteiger partial charge in [0.1, 0.15) is 5.75 Å². The molecule has 0 unspecified atom stereocenters. The van der Waals surface area contributed by atoms with Gasteiger partial charge in [-0.3, -0.25) is 0 Å². The van der Waals surface area contributed by atoms with Crippen molar-refractivity contribution in [1.82, 2.24) is 0 Å². The molecular formula is C10H7F2NO3. The maximum Gasteiger partial charge on any atom is 0.338 e. The molecule has 0 atom stereocenters. The Morgan fingerprint density at radius 3 is 2.62 bits per heavy atom. The van der Waals surface area contributed by atoms with Crippen molar-refractivity contribution in [1.29, 1.82) is 5.26 Å². The second-order valence-corrected chi connectivity index (χ2v) is 2.86. The van der Waals surface area contributed by atoms with E-state index in [-0.39, 0.29) is 5.56 Å². The number of hydrogen-bond donors (Lipinski definition) is 1. The second kappa shape index (κ2) is 4.57. The van der Waals surface area contributed by atoms with Crippen molar-refractivity contribution in [2.75, 3.05) is 7.11 Å². The fourth-order valence-corrected chi connectivity index (χ4v) is 1.21. The van der Waals surface area contributed by atoms with Gasteiger partial charge in [-0.2, -0.15) is 5.26 Å². The van der Waals surface area contributed by atoms with Crippen LogP contribution in [0.5, 0.6) is 5.75 Å². The summed E-state index contributed by atoms with van der Waals surface area (Å²) >= 11 is 0. The Morgan fingerprint density at radius 2 is 2.19 bits per heavy atom. The Kier molecular flexibility index (Phi) is 3.40. The molecule has 0 spiro atoms. The van der Waals surface area contributed by atoms with Crippen LogP contribution in [0.3, 0.4) is 0 Å². The van der Waals surface area contributed by atoms with Crippen LogP contribution in [-0.2, 0) is 4.74 Å². The third-order valence-corrected chi connectivity index (χ3v) is 1.91. The predicted molar refractivity (Wildman–Crippen MR) is 49.1 cm³/mol. The quantitative estimate of drug-likeness (QED) is 0.784. The van der Waals surface area contributed by atoms with Crippen LogP contribution in [0.1, 0.15) is 27.9 Å². The number of phenolic OH excluding ortho intramolecular Hbond substituents is 1. The Morgan fingerprint density at radius 1 is 1.56 bits per heavy atom. The van der Waals surface area contributed by atoms with Crippen LogP contribution >= 0.6 is 0 Å². The van der Waals surface area contributed by atoms with Crippen LogP contribution in [0.15, 0.2) is 12.1 Å². The third kappa shape index (κ3) is 2.08. The molecule has 4 nitrogen and oxygen atoms in total. The number of carbonyl (C=O) groups excluding carboxylic acids is 1. The van der Waals surface area contributed by atoms with Gasteiger partial charge < -0.3 is 9.84 Å². The van der Waals surface area contributed by atoms with Gasteiger partial charge in [0.05, 0.1) is 29.9 Å². The number of rotatable bonds is 2. The van der Waals surface area contributed by atoms with Gasteiger partial charge in [-0.15, -0.1) is 0 Å². The second-order valence-electron chi connectivity index (χ2n) is 2.86.